The first-order valence-corrected chi connectivity index (χ1v) is 9.55. The number of hydrogen-bond acceptors (Lipinski definition) is 4. The first kappa shape index (κ1) is 22.2. The summed E-state index contributed by atoms with van der Waals surface area (Å²) in [5.41, 5.74) is 3.00. The Balaban J connectivity index is 2.52. The molecular weight excluding hydrogens is 389 g/mol. The number of carbonyl (C=O) groups excluding carboxylic acids is 1. The number of nitrogens with zero attached hydrogens (tertiary/aromatic N) is 1. The zero-order valence-corrected chi connectivity index (χ0v) is 17.5. The molecule has 0 aromatic heterocycles. The Morgan fingerprint density at radius 3 is 2.64 bits per heavy atom. The minimum Gasteiger partial charge on any atom is -0.493 e. The lowest BCUT2D eigenvalue weighted by molar-refractivity contribution is -0.119. The van der Waals surface area contributed by atoms with Crippen LogP contribution >= 0.6 is 11.6 Å². The number of hydrazine groups is 1. The van der Waals surface area contributed by atoms with Crippen molar-refractivity contribution in [2.24, 2.45) is 0 Å². The minimum atomic E-state index is -1.14. The van der Waals surface area contributed by atoms with Crippen molar-refractivity contribution in [1.82, 2.24) is 15.8 Å². The molecule has 0 aliphatic carbocycles. The highest BCUT2D eigenvalue weighted by Crippen LogP contribution is 2.41. The Morgan fingerprint density at radius 1 is 1.54 bits per heavy atom. The summed E-state index contributed by atoms with van der Waals surface area (Å²) in [7, 11) is 0. The number of carbonyl (C=O) groups is 2. The number of halogens is 2. The molecule has 3 N–H and O–H groups in total. The van der Waals surface area contributed by atoms with Gasteiger partial charge in [-0.05, 0) is 40.7 Å². The van der Waals surface area contributed by atoms with Gasteiger partial charge in [-0.15, -0.1) is 0 Å². The van der Waals surface area contributed by atoms with Crippen molar-refractivity contribution < 1.29 is 23.8 Å². The fourth-order valence-electron chi connectivity index (χ4n) is 3.25. The van der Waals surface area contributed by atoms with Crippen LogP contribution in [0.1, 0.15) is 64.1 Å². The maximum atomic E-state index is 14.9. The van der Waals surface area contributed by atoms with E-state index >= 15 is 0 Å². The van der Waals surface area contributed by atoms with Gasteiger partial charge in [0.25, 0.3) is 0 Å². The van der Waals surface area contributed by atoms with Crippen LogP contribution in [0.3, 0.4) is 0 Å². The van der Waals surface area contributed by atoms with E-state index in [0.29, 0.717) is 17.9 Å². The second-order valence-corrected chi connectivity index (χ2v) is 8.19. The fraction of sp³-hybridized carbons (Fsp3) is 0.579. The molecule has 0 saturated carbocycles. The minimum absolute atomic E-state index is 0.0981. The van der Waals surface area contributed by atoms with Crippen molar-refractivity contribution in [2.45, 2.75) is 58.5 Å². The first-order valence-electron chi connectivity index (χ1n) is 9.17. The third-order valence-corrected chi connectivity index (χ3v) is 4.84. The van der Waals surface area contributed by atoms with Crippen LogP contribution in [0.25, 0.3) is 0 Å². The third-order valence-electron chi connectivity index (χ3n) is 4.56. The van der Waals surface area contributed by atoms with E-state index in [0.717, 1.165) is 5.01 Å². The summed E-state index contributed by atoms with van der Waals surface area (Å²) < 4.78 is 20.7. The van der Waals surface area contributed by atoms with Crippen LogP contribution in [-0.4, -0.2) is 40.8 Å². The Hall–Kier alpha value is -2.06. The maximum absolute atomic E-state index is 14.9. The lowest BCUT2D eigenvalue weighted by Gasteiger charge is -2.36. The summed E-state index contributed by atoms with van der Waals surface area (Å²) in [5.74, 6) is -0.889. The molecule has 1 aromatic carbocycles. The van der Waals surface area contributed by atoms with Gasteiger partial charge in [0, 0.05) is 30.0 Å². The molecule has 1 aliphatic rings. The van der Waals surface area contributed by atoms with Crippen LogP contribution in [0.15, 0.2) is 6.07 Å². The van der Waals surface area contributed by atoms with E-state index in [2.05, 4.69) is 10.7 Å². The van der Waals surface area contributed by atoms with Gasteiger partial charge in [-0.25, -0.2) is 19.6 Å². The Morgan fingerprint density at radius 2 is 2.18 bits per heavy atom. The van der Waals surface area contributed by atoms with Gasteiger partial charge in [0.2, 0.25) is 5.91 Å². The summed E-state index contributed by atoms with van der Waals surface area (Å²) in [6, 6.07) is 0.898. The van der Waals surface area contributed by atoms with Crippen molar-refractivity contribution in [3.8, 4) is 5.75 Å². The van der Waals surface area contributed by atoms with E-state index in [1.165, 1.54) is 6.07 Å². The zero-order valence-electron chi connectivity index (χ0n) is 16.7. The van der Waals surface area contributed by atoms with Crippen LogP contribution < -0.4 is 15.5 Å². The molecule has 28 heavy (non-hydrogen) atoms. The molecule has 7 nitrogen and oxygen atoms in total. The highest BCUT2D eigenvalue weighted by Gasteiger charge is 2.34. The van der Waals surface area contributed by atoms with Gasteiger partial charge in [0.1, 0.15) is 11.6 Å². The second-order valence-electron chi connectivity index (χ2n) is 7.78. The van der Waals surface area contributed by atoms with Crippen LogP contribution in [0.5, 0.6) is 5.75 Å². The predicted octanol–water partition coefficient (Wildman–Crippen LogP) is 3.83. The topological polar surface area (TPSA) is 90.9 Å². The lowest BCUT2D eigenvalue weighted by atomic mass is 9.92. The largest absolute Gasteiger partial charge is 0.493 e. The van der Waals surface area contributed by atoms with Crippen LogP contribution in [-0.2, 0) is 4.79 Å². The van der Waals surface area contributed by atoms with Gasteiger partial charge in [-0.1, -0.05) is 11.6 Å². The smallest absolute Gasteiger partial charge is 0.422 e. The van der Waals surface area contributed by atoms with Crippen LogP contribution in [0.2, 0.25) is 5.02 Å². The normalized spacial score (nSPS) is 18.0. The van der Waals surface area contributed by atoms with Crippen molar-refractivity contribution in [1.29, 1.82) is 0 Å². The maximum Gasteiger partial charge on any atom is 0.422 e. The van der Waals surface area contributed by atoms with E-state index < -0.39 is 29.4 Å². The number of nitrogens with one attached hydrogen (secondary N) is 2. The van der Waals surface area contributed by atoms with E-state index in [1.807, 2.05) is 0 Å². The molecular formula is C19H27ClFN3O4. The average molecular weight is 416 g/mol. The SMILES string of the molecule is CCOc1c([C@@H](C)NN(C(=O)O)C(C)(C)C)cc(Cl)c(F)c1C1CNC(=O)C1. The monoisotopic (exact) mass is 415 g/mol. The molecule has 0 spiro atoms. The quantitative estimate of drug-likeness (QED) is 0.614. The number of rotatable bonds is 6. The summed E-state index contributed by atoms with van der Waals surface area (Å²) >= 11 is 6.15. The number of amides is 2. The Labute approximate surface area is 169 Å². The van der Waals surface area contributed by atoms with Crippen molar-refractivity contribution in [2.75, 3.05) is 13.2 Å². The van der Waals surface area contributed by atoms with Crippen molar-refractivity contribution in [3.05, 3.63) is 28.0 Å². The highest BCUT2D eigenvalue weighted by molar-refractivity contribution is 6.31. The molecule has 2 atom stereocenters. The molecule has 1 fully saturated rings. The molecule has 1 heterocycles. The van der Waals surface area contributed by atoms with Gasteiger partial charge >= 0.3 is 6.09 Å². The van der Waals surface area contributed by atoms with E-state index in [9.17, 15) is 19.1 Å². The number of hydrogen-bond donors (Lipinski definition) is 3. The van der Waals surface area contributed by atoms with E-state index in [4.69, 9.17) is 16.3 Å². The Bertz CT molecular complexity index is 767. The fourth-order valence-corrected chi connectivity index (χ4v) is 3.47. The molecule has 1 aliphatic heterocycles. The summed E-state index contributed by atoms with van der Waals surface area (Å²) in [6.45, 7) is 9.35. The third kappa shape index (κ3) is 4.67. The molecule has 156 valence electrons. The first-order chi connectivity index (χ1) is 13.0. The molecule has 1 saturated heterocycles. The second kappa shape index (κ2) is 8.53. The van der Waals surface area contributed by atoms with Gasteiger partial charge in [0.05, 0.1) is 23.2 Å². The molecule has 9 heteroatoms. The molecule has 0 radical (unpaired) electrons. The molecule has 1 aromatic rings. The van der Waals surface area contributed by atoms with Gasteiger partial charge in [0.15, 0.2) is 0 Å². The standard InChI is InChI=1S/C19H27ClFN3O4/c1-6-28-17-12(10(2)23-24(18(26)27)19(3,4)5)8-13(20)16(21)15(17)11-7-14(25)22-9-11/h8,10-11,23H,6-7,9H2,1-5H3,(H,22,25)(H,26,27)/t10-,11?/m1/s1. The van der Waals surface area contributed by atoms with Gasteiger partial charge < -0.3 is 15.2 Å². The van der Waals surface area contributed by atoms with Crippen LogP contribution in [0.4, 0.5) is 9.18 Å². The number of carboxylic acid groups (broad SMARTS) is 1. The van der Waals surface area contributed by atoms with Crippen LogP contribution in [0, 0.1) is 5.82 Å². The zero-order chi connectivity index (χ0) is 21.2. The summed E-state index contributed by atoms with van der Waals surface area (Å²) in [4.78, 5) is 23.3. The summed E-state index contributed by atoms with van der Waals surface area (Å²) in [6.07, 6.45) is -1.00. The van der Waals surface area contributed by atoms with Crippen molar-refractivity contribution >= 4 is 23.6 Å². The van der Waals surface area contributed by atoms with Gasteiger partial charge in [-0.2, -0.15) is 0 Å². The van der Waals surface area contributed by atoms with Crippen molar-refractivity contribution in [3.63, 3.8) is 0 Å². The van der Waals surface area contributed by atoms with Gasteiger partial charge in [-0.3, -0.25) is 4.79 Å². The lowest BCUT2D eigenvalue weighted by Crippen LogP contribution is -2.54. The predicted molar refractivity (Wildman–Crippen MR) is 104 cm³/mol. The number of benzene rings is 1. The molecule has 0 bridgehead atoms. The summed E-state index contributed by atoms with van der Waals surface area (Å²) in [5, 5.41) is 13.2. The average Bonchev–Trinajstić information content (AvgIpc) is 3.00. The Kier molecular flexibility index (Phi) is 6.77. The molecule has 2 amide bonds. The number of ether oxygens (including phenoxy) is 1. The molecule has 1 unspecified atom stereocenters. The molecule has 2 rings (SSSR count). The van der Waals surface area contributed by atoms with E-state index in [-0.39, 0.29) is 29.5 Å². The highest BCUT2D eigenvalue weighted by atomic mass is 35.5. The van der Waals surface area contributed by atoms with E-state index in [1.54, 1.807) is 34.6 Å².